The number of piperidine rings is 1. The lowest BCUT2D eigenvalue weighted by molar-refractivity contribution is 0.00132. The normalized spacial score (nSPS) is 25.7. The van der Waals surface area contributed by atoms with E-state index in [4.69, 9.17) is 4.74 Å². The van der Waals surface area contributed by atoms with Crippen molar-refractivity contribution in [1.29, 1.82) is 0 Å². The van der Waals surface area contributed by atoms with Crippen LogP contribution in [0.25, 0.3) is 0 Å². The molecule has 2 fully saturated rings. The first-order valence-corrected chi connectivity index (χ1v) is 6.89. The Morgan fingerprint density at radius 1 is 1.24 bits per heavy atom. The number of carbonyl (C=O) groups is 1. The smallest absolute Gasteiger partial charge is 0.319 e. The van der Waals surface area contributed by atoms with Crippen LogP contribution in [0.5, 0.6) is 0 Å². The predicted molar refractivity (Wildman–Crippen MR) is 67.0 cm³/mol. The third kappa shape index (κ3) is 3.60. The van der Waals surface area contributed by atoms with Crippen molar-refractivity contribution in [3.8, 4) is 0 Å². The van der Waals surface area contributed by atoms with Gasteiger partial charge in [-0.1, -0.05) is 0 Å². The number of amides is 2. The maximum Gasteiger partial charge on any atom is 0.319 e. The first-order chi connectivity index (χ1) is 8.27. The van der Waals surface area contributed by atoms with Crippen molar-refractivity contribution < 1.29 is 9.53 Å². The number of hydrogen-bond acceptors (Lipinski definition) is 2. The van der Waals surface area contributed by atoms with E-state index in [1.165, 1.54) is 19.3 Å². The summed E-state index contributed by atoms with van der Waals surface area (Å²) in [4.78, 5) is 16.0. The quantitative estimate of drug-likeness (QED) is 0.740. The van der Waals surface area contributed by atoms with Gasteiger partial charge >= 0.3 is 6.03 Å². The molecule has 0 aromatic rings. The fourth-order valence-electron chi connectivity index (χ4n) is 2.66. The van der Waals surface area contributed by atoms with Gasteiger partial charge in [-0.25, -0.2) is 4.79 Å². The zero-order valence-electron chi connectivity index (χ0n) is 10.9. The molecular formula is C13H24N2O2. The van der Waals surface area contributed by atoms with E-state index in [2.05, 4.69) is 0 Å². The van der Waals surface area contributed by atoms with Gasteiger partial charge in [-0.3, -0.25) is 0 Å². The van der Waals surface area contributed by atoms with Gasteiger partial charge in [0.25, 0.3) is 0 Å². The SMILES string of the molecule is CN(CC1CCCCO1)C(=O)N1CCCCC1. The summed E-state index contributed by atoms with van der Waals surface area (Å²) < 4.78 is 5.67. The van der Waals surface area contributed by atoms with Crippen molar-refractivity contribution in [1.82, 2.24) is 9.80 Å². The van der Waals surface area contributed by atoms with Gasteiger partial charge in [-0.05, 0) is 38.5 Å². The van der Waals surface area contributed by atoms with Gasteiger partial charge < -0.3 is 14.5 Å². The predicted octanol–water partition coefficient (Wildman–Crippen LogP) is 2.09. The van der Waals surface area contributed by atoms with Gasteiger partial charge in [-0.15, -0.1) is 0 Å². The minimum Gasteiger partial charge on any atom is -0.376 e. The lowest BCUT2D eigenvalue weighted by Crippen LogP contribution is -2.46. The first-order valence-electron chi connectivity index (χ1n) is 6.89. The van der Waals surface area contributed by atoms with Crippen LogP contribution < -0.4 is 0 Å². The zero-order valence-corrected chi connectivity index (χ0v) is 10.9. The van der Waals surface area contributed by atoms with Gasteiger partial charge in [0.2, 0.25) is 0 Å². The summed E-state index contributed by atoms with van der Waals surface area (Å²) in [5, 5.41) is 0. The van der Waals surface area contributed by atoms with E-state index < -0.39 is 0 Å². The van der Waals surface area contributed by atoms with Crippen LogP contribution in [-0.4, -0.2) is 55.2 Å². The number of likely N-dealkylation sites (N-methyl/N-ethyl adjacent to an activating group) is 1. The average molecular weight is 240 g/mol. The summed E-state index contributed by atoms with van der Waals surface area (Å²) in [5.74, 6) is 0. The minimum atomic E-state index is 0.180. The number of hydrogen-bond donors (Lipinski definition) is 0. The van der Waals surface area contributed by atoms with Crippen molar-refractivity contribution >= 4 is 6.03 Å². The molecule has 4 nitrogen and oxygen atoms in total. The van der Waals surface area contributed by atoms with Crippen LogP contribution in [0, 0.1) is 0 Å². The number of likely N-dealkylation sites (tertiary alicyclic amines) is 1. The molecule has 2 heterocycles. The number of urea groups is 1. The Balaban J connectivity index is 1.77. The van der Waals surface area contributed by atoms with Crippen LogP contribution in [0.4, 0.5) is 4.79 Å². The second kappa shape index (κ2) is 6.24. The molecule has 2 aliphatic rings. The van der Waals surface area contributed by atoms with E-state index in [1.807, 2.05) is 16.8 Å². The largest absolute Gasteiger partial charge is 0.376 e. The Kier molecular flexibility index (Phi) is 4.66. The highest BCUT2D eigenvalue weighted by molar-refractivity contribution is 5.74. The topological polar surface area (TPSA) is 32.8 Å². The second-order valence-electron chi connectivity index (χ2n) is 5.20. The molecule has 0 bridgehead atoms. The highest BCUT2D eigenvalue weighted by Crippen LogP contribution is 2.15. The summed E-state index contributed by atoms with van der Waals surface area (Å²) in [6, 6.07) is 0.180. The van der Waals surface area contributed by atoms with Crippen LogP contribution in [0.2, 0.25) is 0 Å². The van der Waals surface area contributed by atoms with Gasteiger partial charge in [0.1, 0.15) is 0 Å². The molecular weight excluding hydrogens is 216 g/mol. The lowest BCUT2D eigenvalue weighted by Gasteiger charge is -2.33. The standard InChI is InChI=1S/C13H24N2O2/c1-14(11-12-7-3-6-10-17-12)13(16)15-8-4-2-5-9-15/h12H,2-11H2,1H3. The number of carbonyl (C=O) groups excluding carboxylic acids is 1. The van der Waals surface area contributed by atoms with Crippen molar-refractivity contribution in [3.05, 3.63) is 0 Å². The molecule has 1 atom stereocenters. The zero-order chi connectivity index (χ0) is 12.1. The molecule has 17 heavy (non-hydrogen) atoms. The summed E-state index contributed by atoms with van der Waals surface area (Å²) in [6.45, 7) is 3.45. The van der Waals surface area contributed by atoms with Crippen molar-refractivity contribution in [3.63, 3.8) is 0 Å². The summed E-state index contributed by atoms with van der Waals surface area (Å²) in [7, 11) is 1.90. The Labute approximate surface area is 104 Å². The monoisotopic (exact) mass is 240 g/mol. The summed E-state index contributed by atoms with van der Waals surface area (Å²) in [6.07, 6.45) is 7.31. The second-order valence-corrected chi connectivity index (χ2v) is 5.20. The van der Waals surface area contributed by atoms with E-state index in [1.54, 1.807) is 0 Å². The van der Waals surface area contributed by atoms with Crippen LogP contribution in [-0.2, 0) is 4.74 Å². The third-order valence-corrected chi connectivity index (χ3v) is 3.70. The van der Waals surface area contributed by atoms with Crippen LogP contribution in [0.3, 0.4) is 0 Å². The van der Waals surface area contributed by atoms with Crippen molar-refractivity contribution in [2.75, 3.05) is 33.3 Å². The fourth-order valence-corrected chi connectivity index (χ4v) is 2.66. The molecule has 2 saturated heterocycles. The fraction of sp³-hybridized carbons (Fsp3) is 0.923. The molecule has 2 rings (SSSR count). The number of nitrogens with zero attached hydrogens (tertiary/aromatic N) is 2. The molecule has 98 valence electrons. The average Bonchev–Trinajstić information content (AvgIpc) is 2.40. The molecule has 4 heteroatoms. The van der Waals surface area contributed by atoms with E-state index >= 15 is 0 Å². The molecule has 2 amide bonds. The van der Waals surface area contributed by atoms with Crippen LogP contribution in [0.15, 0.2) is 0 Å². The molecule has 0 aliphatic carbocycles. The van der Waals surface area contributed by atoms with E-state index in [9.17, 15) is 4.79 Å². The van der Waals surface area contributed by atoms with E-state index in [0.717, 1.165) is 45.5 Å². The van der Waals surface area contributed by atoms with Gasteiger partial charge in [-0.2, -0.15) is 0 Å². The maximum absolute atomic E-state index is 12.2. The molecule has 0 saturated carbocycles. The summed E-state index contributed by atoms with van der Waals surface area (Å²) in [5.41, 5.74) is 0. The molecule has 0 spiro atoms. The molecule has 0 aromatic heterocycles. The van der Waals surface area contributed by atoms with E-state index in [0.29, 0.717) is 0 Å². The maximum atomic E-state index is 12.2. The van der Waals surface area contributed by atoms with Crippen LogP contribution >= 0.6 is 0 Å². The molecule has 0 aromatic carbocycles. The molecule has 0 N–H and O–H groups in total. The Bertz CT molecular complexity index is 246. The highest BCUT2D eigenvalue weighted by Gasteiger charge is 2.23. The number of ether oxygens (including phenoxy) is 1. The molecule has 0 radical (unpaired) electrons. The van der Waals surface area contributed by atoms with Crippen LogP contribution in [0.1, 0.15) is 38.5 Å². The molecule has 1 unspecified atom stereocenters. The van der Waals surface area contributed by atoms with E-state index in [-0.39, 0.29) is 12.1 Å². The lowest BCUT2D eigenvalue weighted by atomic mass is 10.1. The Morgan fingerprint density at radius 2 is 2.00 bits per heavy atom. The molecule has 2 aliphatic heterocycles. The van der Waals surface area contributed by atoms with Gasteiger partial charge in [0.05, 0.1) is 6.10 Å². The highest BCUT2D eigenvalue weighted by atomic mass is 16.5. The summed E-state index contributed by atoms with van der Waals surface area (Å²) >= 11 is 0. The van der Waals surface area contributed by atoms with Crippen molar-refractivity contribution in [2.45, 2.75) is 44.6 Å². The number of rotatable bonds is 2. The third-order valence-electron chi connectivity index (χ3n) is 3.70. The minimum absolute atomic E-state index is 0.180. The first kappa shape index (κ1) is 12.7. The Morgan fingerprint density at radius 3 is 2.65 bits per heavy atom. The van der Waals surface area contributed by atoms with Crippen molar-refractivity contribution in [2.24, 2.45) is 0 Å². The van der Waals surface area contributed by atoms with Gasteiger partial charge in [0, 0.05) is 33.3 Å². The Hall–Kier alpha value is -0.770. The van der Waals surface area contributed by atoms with Gasteiger partial charge in [0.15, 0.2) is 0 Å².